The fourth-order valence-corrected chi connectivity index (χ4v) is 2.61. The molecule has 0 unspecified atom stereocenters. The van der Waals surface area contributed by atoms with Crippen LogP contribution in [0.4, 0.5) is 5.69 Å². The van der Waals surface area contributed by atoms with E-state index in [1.165, 1.54) is 17.7 Å². The van der Waals surface area contributed by atoms with Gasteiger partial charge in [0.2, 0.25) is 0 Å². The van der Waals surface area contributed by atoms with Gasteiger partial charge in [-0.1, -0.05) is 12.1 Å². The lowest BCUT2D eigenvalue weighted by Crippen LogP contribution is -2.30. The van der Waals surface area contributed by atoms with Crippen LogP contribution in [-0.2, 0) is 11.2 Å². The molecule has 1 aliphatic heterocycles. The van der Waals surface area contributed by atoms with Gasteiger partial charge in [-0.25, -0.2) is 0 Å². The van der Waals surface area contributed by atoms with Crippen molar-refractivity contribution in [3.8, 4) is 0 Å². The second-order valence-corrected chi connectivity index (χ2v) is 5.29. The van der Waals surface area contributed by atoms with Crippen molar-refractivity contribution in [3.63, 3.8) is 0 Å². The molecular weight excluding hydrogens is 206 g/mol. The van der Waals surface area contributed by atoms with Gasteiger partial charge >= 0.3 is 0 Å². The van der Waals surface area contributed by atoms with Gasteiger partial charge in [-0.2, -0.15) is 11.8 Å². The van der Waals surface area contributed by atoms with E-state index in [2.05, 4.69) is 12.1 Å². The Morgan fingerprint density at radius 2 is 2.27 bits per heavy atom. The molecule has 82 valence electrons. The summed E-state index contributed by atoms with van der Waals surface area (Å²) in [6, 6.07) is 8.17. The zero-order chi connectivity index (χ0) is 10.5. The number of nitrogen functional groups attached to an aromatic ring is 1. The molecule has 0 saturated carbocycles. The molecule has 1 fully saturated rings. The number of hydrogen-bond acceptors (Lipinski definition) is 3. The van der Waals surface area contributed by atoms with Gasteiger partial charge in [0.05, 0.1) is 18.5 Å². The van der Waals surface area contributed by atoms with Gasteiger partial charge in [0, 0.05) is 5.69 Å². The normalized spacial score (nSPS) is 16.3. The average Bonchev–Trinajstić information content (AvgIpc) is 2.15. The molecule has 0 aliphatic carbocycles. The highest BCUT2D eigenvalue weighted by Crippen LogP contribution is 2.20. The predicted molar refractivity (Wildman–Crippen MR) is 66.2 cm³/mol. The lowest BCUT2D eigenvalue weighted by Gasteiger charge is -2.25. The van der Waals surface area contributed by atoms with E-state index in [4.69, 9.17) is 10.5 Å². The number of nitrogens with two attached hydrogens (primary N) is 1. The minimum Gasteiger partial charge on any atom is -0.399 e. The molecule has 0 radical (unpaired) electrons. The van der Waals surface area contributed by atoms with Crippen molar-refractivity contribution in [3.05, 3.63) is 29.8 Å². The van der Waals surface area contributed by atoms with Crippen molar-refractivity contribution < 1.29 is 4.74 Å². The van der Waals surface area contributed by atoms with E-state index < -0.39 is 0 Å². The Morgan fingerprint density at radius 1 is 1.40 bits per heavy atom. The van der Waals surface area contributed by atoms with Crippen LogP contribution in [0.2, 0.25) is 0 Å². The smallest absolute Gasteiger partial charge is 0.0607 e. The van der Waals surface area contributed by atoms with Crippen molar-refractivity contribution in [1.29, 1.82) is 0 Å². The molecule has 1 saturated heterocycles. The van der Waals surface area contributed by atoms with Crippen molar-refractivity contribution in [2.24, 2.45) is 0 Å². The number of thioether (sulfide) groups is 1. The first-order valence-electron chi connectivity index (χ1n) is 5.38. The minimum atomic E-state index is 0.755. The molecule has 0 amide bonds. The maximum absolute atomic E-state index is 5.72. The molecule has 0 bridgehead atoms. The van der Waals surface area contributed by atoms with Gasteiger partial charge in [-0.3, -0.25) is 0 Å². The van der Waals surface area contributed by atoms with Gasteiger partial charge in [-0.05, 0) is 36.3 Å². The first-order valence-corrected chi connectivity index (χ1v) is 6.43. The van der Waals surface area contributed by atoms with E-state index in [0.717, 1.165) is 30.6 Å². The third-order valence-electron chi connectivity index (χ3n) is 2.52. The first kappa shape index (κ1) is 10.8. The van der Waals surface area contributed by atoms with Crippen LogP contribution in [0.5, 0.6) is 0 Å². The van der Waals surface area contributed by atoms with E-state index in [9.17, 15) is 0 Å². The summed E-state index contributed by atoms with van der Waals surface area (Å²) in [5.41, 5.74) is 7.94. The number of benzene rings is 1. The Balaban J connectivity index is 1.64. The molecule has 1 aromatic carbocycles. The van der Waals surface area contributed by atoms with Crippen LogP contribution >= 0.6 is 11.8 Å². The minimum absolute atomic E-state index is 0.755. The highest BCUT2D eigenvalue weighted by molar-refractivity contribution is 8.00. The lowest BCUT2D eigenvalue weighted by molar-refractivity contribution is 0.0455. The summed E-state index contributed by atoms with van der Waals surface area (Å²) >= 11 is 2.03. The van der Waals surface area contributed by atoms with Crippen molar-refractivity contribution in [1.82, 2.24) is 0 Å². The van der Waals surface area contributed by atoms with Crippen LogP contribution < -0.4 is 5.73 Å². The number of anilines is 1. The van der Waals surface area contributed by atoms with Crippen LogP contribution in [0.3, 0.4) is 0 Å². The van der Waals surface area contributed by atoms with Crippen LogP contribution in [0.1, 0.15) is 12.0 Å². The second kappa shape index (κ2) is 5.42. The SMILES string of the molecule is Nc1cccc(CCCSC2COC2)c1. The van der Waals surface area contributed by atoms with Gasteiger partial charge < -0.3 is 10.5 Å². The van der Waals surface area contributed by atoms with E-state index in [1.807, 2.05) is 23.9 Å². The molecule has 1 heterocycles. The molecule has 0 aromatic heterocycles. The monoisotopic (exact) mass is 223 g/mol. The van der Waals surface area contributed by atoms with Crippen LogP contribution in [0, 0.1) is 0 Å². The fourth-order valence-electron chi connectivity index (χ4n) is 1.59. The lowest BCUT2D eigenvalue weighted by atomic mass is 10.1. The second-order valence-electron chi connectivity index (χ2n) is 3.88. The molecule has 0 atom stereocenters. The maximum atomic E-state index is 5.72. The van der Waals surface area contributed by atoms with Gasteiger partial charge in [0.15, 0.2) is 0 Å². The van der Waals surface area contributed by atoms with E-state index in [-0.39, 0.29) is 0 Å². The Labute approximate surface area is 95.2 Å². The summed E-state index contributed by atoms with van der Waals surface area (Å²) in [7, 11) is 0. The van der Waals surface area contributed by atoms with Crippen LogP contribution in [0.25, 0.3) is 0 Å². The Hall–Kier alpha value is -0.670. The van der Waals surface area contributed by atoms with Crippen molar-refractivity contribution in [2.45, 2.75) is 18.1 Å². The molecule has 3 heteroatoms. The average molecular weight is 223 g/mol. The van der Waals surface area contributed by atoms with Crippen molar-refractivity contribution in [2.75, 3.05) is 24.7 Å². The summed E-state index contributed by atoms with van der Waals surface area (Å²) in [6.45, 7) is 1.89. The summed E-state index contributed by atoms with van der Waals surface area (Å²) < 4.78 is 5.13. The summed E-state index contributed by atoms with van der Waals surface area (Å²) in [5.74, 6) is 1.23. The van der Waals surface area contributed by atoms with E-state index >= 15 is 0 Å². The number of aryl methyl sites for hydroxylation is 1. The fraction of sp³-hybridized carbons (Fsp3) is 0.500. The molecule has 2 rings (SSSR count). The molecule has 1 aliphatic rings. The number of rotatable bonds is 5. The number of hydrogen-bond donors (Lipinski definition) is 1. The molecular formula is C12H17NOS. The van der Waals surface area contributed by atoms with Gasteiger partial charge in [-0.15, -0.1) is 0 Å². The Kier molecular flexibility index (Phi) is 3.92. The van der Waals surface area contributed by atoms with E-state index in [1.54, 1.807) is 0 Å². The highest BCUT2D eigenvalue weighted by atomic mass is 32.2. The maximum Gasteiger partial charge on any atom is 0.0607 e. The van der Waals surface area contributed by atoms with Crippen LogP contribution in [-0.4, -0.2) is 24.2 Å². The van der Waals surface area contributed by atoms with Crippen LogP contribution in [0.15, 0.2) is 24.3 Å². The van der Waals surface area contributed by atoms with Gasteiger partial charge in [0.1, 0.15) is 0 Å². The Bertz CT molecular complexity index is 312. The topological polar surface area (TPSA) is 35.2 Å². The molecule has 1 aromatic rings. The predicted octanol–water partition coefficient (Wildman–Crippen LogP) is 2.33. The number of ether oxygens (including phenoxy) is 1. The van der Waals surface area contributed by atoms with E-state index in [0.29, 0.717) is 0 Å². The third-order valence-corrected chi connectivity index (χ3v) is 3.79. The molecule has 2 nitrogen and oxygen atoms in total. The summed E-state index contributed by atoms with van der Waals surface area (Å²) in [4.78, 5) is 0. The third kappa shape index (κ3) is 3.43. The molecule has 2 N–H and O–H groups in total. The molecule has 0 spiro atoms. The highest BCUT2D eigenvalue weighted by Gasteiger charge is 2.17. The summed E-state index contributed by atoms with van der Waals surface area (Å²) in [6.07, 6.45) is 2.36. The van der Waals surface area contributed by atoms with Gasteiger partial charge in [0.25, 0.3) is 0 Å². The zero-order valence-corrected chi connectivity index (χ0v) is 9.63. The zero-order valence-electron chi connectivity index (χ0n) is 8.82. The summed E-state index contributed by atoms with van der Waals surface area (Å²) in [5, 5.41) is 0.755. The first-order chi connectivity index (χ1) is 7.34. The standard InChI is InChI=1S/C12H17NOS/c13-11-5-1-3-10(7-11)4-2-6-15-12-8-14-9-12/h1,3,5,7,12H,2,4,6,8-9,13H2. The largest absolute Gasteiger partial charge is 0.399 e. The molecule has 15 heavy (non-hydrogen) atoms. The Morgan fingerprint density at radius 3 is 2.93 bits per heavy atom. The quantitative estimate of drug-likeness (QED) is 0.614. The van der Waals surface area contributed by atoms with Crippen molar-refractivity contribution >= 4 is 17.4 Å².